The van der Waals surface area contributed by atoms with E-state index in [2.05, 4.69) is 20.9 Å². The summed E-state index contributed by atoms with van der Waals surface area (Å²) in [5.41, 5.74) is 1.61. The predicted octanol–water partition coefficient (Wildman–Crippen LogP) is 1.13. The summed E-state index contributed by atoms with van der Waals surface area (Å²) >= 11 is 0. The number of unbranched alkanes of at least 4 members (excludes halogenated alkanes) is 1. The van der Waals surface area contributed by atoms with Crippen molar-refractivity contribution in [3.63, 3.8) is 0 Å². The molecule has 0 saturated carbocycles. The van der Waals surface area contributed by atoms with Crippen molar-refractivity contribution in [1.29, 1.82) is 0 Å². The number of guanidine groups is 1. The Morgan fingerprint density at radius 3 is 2.69 bits per heavy atom. The molecule has 1 aromatic carbocycles. The fraction of sp³-hybridized carbons (Fsp3) is 0.571. The summed E-state index contributed by atoms with van der Waals surface area (Å²) < 4.78 is 5.34. The largest absolute Gasteiger partial charge is 0.382 e. The monoisotopic (exact) mass is 403 g/mol. The van der Waals surface area contributed by atoms with Crippen LogP contribution in [0.3, 0.4) is 0 Å². The summed E-state index contributed by atoms with van der Waals surface area (Å²) in [6.45, 7) is 8.91. The Morgan fingerprint density at radius 1 is 1.21 bits per heavy atom. The van der Waals surface area contributed by atoms with Crippen molar-refractivity contribution in [2.75, 3.05) is 45.9 Å². The van der Waals surface area contributed by atoms with E-state index >= 15 is 0 Å². The molecule has 1 aliphatic heterocycles. The molecule has 0 atom stereocenters. The summed E-state index contributed by atoms with van der Waals surface area (Å²) in [6.07, 6.45) is 2.05. The molecule has 1 saturated heterocycles. The van der Waals surface area contributed by atoms with E-state index in [1.165, 1.54) is 0 Å². The zero-order chi connectivity index (χ0) is 20.9. The van der Waals surface area contributed by atoms with Crippen molar-refractivity contribution < 1.29 is 14.3 Å². The number of carbonyl (C=O) groups is 2. The van der Waals surface area contributed by atoms with Crippen LogP contribution in [0.25, 0.3) is 0 Å². The second-order valence-corrected chi connectivity index (χ2v) is 6.80. The number of piperazine rings is 1. The molecule has 1 heterocycles. The van der Waals surface area contributed by atoms with Gasteiger partial charge in [0, 0.05) is 45.0 Å². The van der Waals surface area contributed by atoms with Gasteiger partial charge in [0.2, 0.25) is 5.91 Å². The van der Waals surface area contributed by atoms with Crippen LogP contribution in [0.2, 0.25) is 0 Å². The third kappa shape index (κ3) is 8.11. The number of hydrogen-bond donors (Lipinski definition) is 3. The summed E-state index contributed by atoms with van der Waals surface area (Å²) in [5, 5.41) is 9.30. The first kappa shape index (κ1) is 22.7. The van der Waals surface area contributed by atoms with E-state index in [1.54, 1.807) is 17.0 Å². The highest BCUT2D eigenvalue weighted by Crippen LogP contribution is 2.10. The van der Waals surface area contributed by atoms with Gasteiger partial charge in [-0.15, -0.1) is 0 Å². The highest BCUT2D eigenvalue weighted by molar-refractivity contribution is 5.97. The Kier molecular flexibility index (Phi) is 9.99. The van der Waals surface area contributed by atoms with Gasteiger partial charge < -0.3 is 25.6 Å². The van der Waals surface area contributed by atoms with Crippen molar-refractivity contribution in [1.82, 2.24) is 20.9 Å². The molecule has 2 amide bonds. The molecule has 0 bridgehead atoms. The molecule has 1 aromatic rings. The number of nitrogens with one attached hydrogen (secondary N) is 3. The number of rotatable bonds is 10. The Labute approximate surface area is 173 Å². The molecule has 0 radical (unpaired) electrons. The van der Waals surface area contributed by atoms with Crippen LogP contribution < -0.4 is 16.0 Å². The Bertz CT molecular complexity index is 675. The normalized spacial score (nSPS) is 14.5. The van der Waals surface area contributed by atoms with Gasteiger partial charge in [-0.2, -0.15) is 0 Å². The minimum atomic E-state index is -0.114. The van der Waals surface area contributed by atoms with E-state index in [0.717, 1.165) is 50.7 Å². The van der Waals surface area contributed by atoms with Crippen molar-refractivity contribution in [2.45, 2.75) is 33.2 Å². The highest BCUT2D eigenvalue weighted by atomic mass is 16.5. The second-order valence-electron chi connectivity index (χ2n) is 6.80. The number of amides is 2. The Balaban J connectivity index is 1.84. The van der Waals surface area contributed by atoms with E-state index < -0.39 is 0 Å². The molecule has 0 spiro atoms. The number of hydrogen-bond acceptors (Lipinski definition) is 4. The highest BCUT2D eigenvalue weighted by Gasteiger charge is 2.21. The first-order valence-electron chi connectivity index (χ1n) is 10.4. The molecule has 0 aliphatic carbocycles. The van der Waals surface area contributed by atoms with Crippen LogP contribution in [-0.4, -0.2) is 68.6 Å². The molecule has 160 valence electrons. The van der Waals surface area contributed by atoms with E-state index in [4.69, 9.17) is 4.74 Å². The van der Waals surface area contributed by atoms with Crippen LogP contribution in [0.1, 0.15) is 42.6 Å². The Morgan fingerprint density at radius 2 is 2.00 bits per heavy atom. The number of benzene rings is 1. The SMILES string of the molecule is CCNC(=NCc1ccc(C(=O)N2CCNC(=O)C2)cc1)NCCCCOCC. The third-order valence-electron chi connectivity index (χ3n) is 4.50. The molecule has 0 aromatic heterocycles. The fourth-order valence-corrected chi connectivity index (χ4v) is 2.94. The second kappa shape index (κ2) is 12.8. The van der Waals surface area contributed by atoms with Gasteiger partial charge in [-0.25, -0.2) is 4.99 Å². The molecule has 8 heteroatoms. The molecule has 3 N–H and O–H groups in total. The number of carbonyl (C=O) groups excluding carboxylic acids is 2. The zero-order valence-corrected chi connectivity index (χ0v) is 17.5. The van der Waals surface area contributed by atoms with Crippen molar-refractivity contribution >= 4 is 17.8 Å². The van der Waals surface area contributed by atoms with Crippen LogP contribution in [0, 0.1) is 0 Å². The first-order chi connectivity index (χ1) is 14.1. The maximum Gasteiger partial charge on any atom is 0.254 e. The van der Waals surface area contributed by atoms with Gasteiger partial charge in [0.1, 0.15) is 0 Å². The average Bonchev–Trinajstić information content (AvgIpc) is 2.74. The quantitative estimate of drug-likeness (QED) is 0.309. The molecule has 0 unspecified atom stereocenters. The van der Waals surface area contributed by atoms with Gasteiger partial charge in [0.15, 0.2) is 5.96 Å². The van der Waals surface area contributed by atoms with E-state index in [0.29, 0.717) is 25.2 Å². The zero-order valence-electron chi connectivity index (χ0n) is 17.5. The van der Waals surface area contributed by atoms with Gasteiger partial charge >= 0.3 is 0 Å². The molecular formula is C21H33N5O3. The van der Waals surface area contributed by atoms with E-state index in [-0.39, 0.29) is 18.4 Å². The van der Waals surface area contributed by atoms with Crippen LogP contribution in [0.4, 0.5) is 0 Å². The lowest BCUT2D eigenvalue weighted by Gasteiger charge is -2.26. The maximum absolute atomic E-state index is 12.5. The topological polar surface area (TPSA) is 95.1 Å². The minimum absolute atomic E-state index is 0.114. The summed E-state index contributed by atoms with van der Waals surface area (Å²) in [6, 6.07) is 7.42. The average molecular weight is 404 g/mol. The molecule has 1 aliphatic rings. The summed E-state index contributed by atoms with van der Waals surface area (Å²) in [5.74, 6) is 0.553. The smallest absolute Gasteiger partial charge is 0.254 e. The van der Waals surface area contributed by atoms with Crippen molar-refractivity contribution in [3.05, 3.63) is 35.4 Å². The molecule has 29 heavy (non-hydrogen) atoms. The van der Waals surface area contributed by atoms with Gasteiger partial charge in [0.25, 0.3) is 5.91 Å². The van der Waals surface area contributed by atoms with Gasteiger partial charge in [-0.3, -0.25) is 9.59 Å². The van der Waals surface area contributed by atoms with Crippen molar-refractivity contribution in [3.8, 4) is 0 Å². The van der Waals surface area contributed by atoms with Gasteiger partial charge in [-0.1, -0.05) is 12.1 Å². The standard InChI is InChI=1S/C21H33N5O3/c1-3-22-21(24-11-5-6-14-29-4-2)25-15-17-7-9-18(10-8-17)20(28)26-13-12-23-19(27)16-26/h7-10H,3-6,11-16H2,1-2H3,(H,23,27)(H2,22,24,25). The van der Waals surface area contributed by atoms with Crippen LogP contribution in [-0.2, 0) is 16.1 Å². The lowest BCUT2D eigenvalue weighted by Crippen LogP contribution is -2.49. The van der Waals surface area contributed by atoms with Crippen molar-refractivity contribution in [2.24, 2.45) is 4.99 Å². The summed E-state index contributed by atoms with van der Waals surface area (Å²) in [7, 11) is 0. The van der Waals surface area contributed by atoms with Gasteiger partial charge in [-0.05, 0) is 44.4 Å². The minimum Gasteiger partial charge on any atom is -0.382 e. The number of ether oxygens (including phenoxy) is 1. The summed E-state index contributed by atoms with van der Waals surface area (Å²) in [4.78, 5) is 30.2. The number of aliphatic imine (C=N–C) groups is 1. The van der Waals surface area contributed by atoms with Crippen LogP contribution >= 0.6 is 0 Å². The fourth-order valence-electron chi connectivity index (χ4n) is 2.94. The first-order valence-corrected chi connectivity index (χ1v) is 10.4. The molecule has 8 nitrogen and oxygen atoms in total. The molecule has 2 rings (SSSR count). The lowest BCUT2D eigenvalue weighted by molar-refractivity contribution is -0.123. The van der Waals surface area contributed by atoms with Gasteiger partial charge in [0.05, 0.1) is 13.1 Å². The van der Waals surface area contributed by atoms with Crippen LogP contribution in [0.5, 0.6) is 0 Å². The third-order valence-corrected chi connectivity index (χ3v) is 4.50. The molecular weight excluding hydrogens is 370 g/mol. The van der Waals surface area contributed by atoms with E-state index in [9.17, 15) is 9.59 Å². The maximum atomic E-state index is 12.5. The molecule has 1 fully saturated rings. The van der Waals surface area contributed by atoms with E-state index in [1.807, 2.05) is 26.0 Å². The predicted molar refractivity (Wildman–Crippen MR) is 114 cm³/mol. The lowest BCUT2D eigenvalue weighted by atomic mass is 10.1. The Hall–Kier alpha value is -2.61. The number of nitrogens with zero attached hydrogens (tertiary/aromatic N) is 2. The van der Waals surface area contributed by atoms with Crippen LogP contribution in [0.15, 0.2) is 29.3 Å².